The van der Waals surface area contributed by atoms with Gasteiger partial charge in [0.15, 0.2) is 0 Å². The predicted molar refractivity (Wildman–Crippen MR) is 129 cm³/mol. The van der Waals surface area contributed by atoms with E-state index in [1.165, 1.54) is 11.8 Å². The Morgan fingerprint density at radius 2 is 1.80 bits per heavy atom. The fourth-order valence-corrected chi connectivity index (χ4v) is 4.33. The molecule has 35 heavy (non-hydrogen) atoms. The molecule has 1 heterocycles. The Kier molecular flexibility index (Phi) is 9.01. The molecule has 3 amide bonds. The minimum absolute atomic E-state index is 0.0993. The summed E-state index contributed by atoms with van der Waals surface area (Å²) in [6, 6.07) is 16.4. The molecule has 0 aromatic heterocycles. The van der Waals surface area contributed by atoms with Gasteiger partial charge in [0.1, 0.15) is 12.1 Å². The second-order valence-electron chi connectivity index (χ2n) is 8.68. The lowest BCUT2D eigenvalue weighted by Crippen LogP contribution is -2.57. The molecule has 3 atom stereocenters. The lowest BCUT2D eigenvalue weighted by atomic mass is 9.75. The van der Waals surface area contributed by atoms with Crippen LogP contribution in [0.5, 0.6) is 0 Å². The molecular formula is C25H29BN4O5. The Hall–Kier alpha value is -3.68. The van der Waals surface area contributed by atoms with Crippen LogP contribution >= 0.6 is 0 Å². The number of nitriles is 1. The third-order valence-electron chi connectivity index (χ3n) is 6.00. The van der Waals surface area contributed by atoms with Crippen LogP contribution < -0.4 is 10.6 Å². The van der Waals surface area contributed by atoms with Gasteiger partial charge in [0.25, 0.3) is 0 Å². The normalized spacial score (nSPS) is 16.6. The van der Waals surface area contributed by atoms with Crippen molar-refractivity contribution in [2.45, 2.75) is 50.6 Å². The summed E-state index contributed by atoms with van der Waals surface area (Å²) in [5.74, 6) is -2.22. The quantitative estimate of drug-likeness (QED) is 0.385. The first-order chi connectivity index (χ1) is 16.8. The van der Waals surface area contributed by atoms with Crippen molar-refractivity contribution >= 4 is 24.8 Å². The zero-order chi connectivity index (χ0) is 25.4. The van der Waals surface area contributed by atoms with Gasteiger partial charge in [-0.15, -0.1) is 0 Å². The van der Waals surface area contributed by atoms with E-state index < -0.39 is 31.1 Å². The number of rotatable bonds is 9. The number of benzene rings is 2. The molecule has 0 radical (unpaired) electrons. The first kappa shape index (κ1) is 25.9. The van der Waals surface area contributed by atoms with E-state index in [-0.39, 0.29) is 24.7 Å². The fraction of sp³-hybridized carbons (Fsp3) is 0.360. The summed E-state index contributed by atoms with van der Waals surface area (Å²) in [5, 5.41) is 34.2. The van der Waals surface area contributed by atoms with Crippen LogP contribution in [-0.2, 0) is 27.2 Å². The van der Waals surface area contributed by atoms with E-state index in [0.29, 0.717) is 30.5 Å². The van der Waals surface area contributed by atoms with Crippen LogP contribution in [-0.4, -0.2) is 64.4 Å². The number of amides is 3. The van der Waals surface area contributed by atoms with Gasteiger partial charge >= 0.3 is 7.12 Å². The highest BCUT2D eigenvalue weighted by Gasteiger charge is 2.39. The second-order valence-corrected chi connectivity index (χ2v) is 8.68. The second kappa shape index (κ2) is 12.2. The fourth-order valence-electron chi connectivity index (χ4n) is 4.33. The molecule has 1 saturated heterocycles. The molecule has 2 aromatic rings. The predicted octanol–water partition coefficient (Wildman–Crippen LogP) is 0.336. The molecule has 9 nitrogen and oxygen atoms in total. The van der Waals surface area contributed by atoms with Crippen LogP contribution in [0.25, 0.3) is 0 Å². The number of likely N-dealkylation sites (tertiary alicyclic amines) is 1. The van der Waals surface area contributed by atoms with Gasteiger partial charge in [-0.3, -0.25) is 14.4 Å². The highest BCUT2D eigenvalue weighted by molar-refractivity contribution is 6.43. The molecule has 0 bridgehead atoms. The summed E-state index contributed by atoms with van der Waals surface area (Å²) in [4.78, 5) is 39.7. The van der Waals surface area contributed by atoms with Crippen molar-refractivity contribution in [1.29, 1.82) is 5.26 Å². The van der Waals surface area contributed by atoms with Gasteiger partial charge in [-0.1, -0.05) is 42.5 Å². The number of nitrogens with zero attached hydrogens (tertiary/aromatic N) is 2. The number of carbonyl (C=O) groups is 3. The third-order valence-corrected chi connectivity index (χ3v) is 6.00. The van der Waals surface area contributed by atoms with Crippen molar-refractivity contribution in [3.63, 3.8) is 0 Å². The topological polar surface area (TPSA) is 143 Å². The van der Waals surface area contributed by atoms with Crippen molar-refractivity contribution in [1.82, 2.24) is 15.5 Å². The third kappa shape index (κ3) is 7.15. The maximum absolute atomic E-state index is 13.4. The van der Waals surface area contributed by atoms with E-state index in [4.69, 9.17) is 5.26 Å². The van der Waals surface area contributed by atoms with Crippen LogP contribution in [0.4, 0.5) is 0 Å². The first-order valence-electron chi connectivity index (χ1n) is 11.6. The summed E-state index contributed by atoms with van der Waals surface area (Å²) in [6.45, 7) is 1.70. The monoisotopic (exact) mass is 476 g/mol. The smallest absolute Gasteiger partial charge is 0.426 e. The van der Waals surface area contributed by atoms with Crippen molar-refractivity contribution in [3.8, 4) is 6.07 Å². The van der Waals surface area contributed by atoms with E-state index in [1.54, 1.807) is 24.3 Å². The number of hydrogen-bond donors (Lipinski definition) is 4. The van der Waals surface area contributed by atoms with Gasteiger partial charge in [0.2, 0.25) is 17.7 Å². The minimum atomic E-state index is -1.83. The lowest BCUT2D eigenvalue weighted by Gasteiger charge is -2.30. The van der Waals surface area contributed by atoms with E-state index >= 15 is 0 Å². The summed E-state index contributed by atoms with van der Waals surface area (Å²) >= 11 is 0. The van der Waals surface area contributed by atoms with Crippen molar-refractivity contribution in [3.05, 3.63) is 71.3 Å². The van der Waals surface area contributed by atoms with Crippen molar-refractivity contribution < 1.29 is 24.4 Å². The Morgan fingerprint density at radius 3 is 2.46 bits per heavy atom. The summed E-state index contributed by atoms with van der Waals surface area (Å²) in [7, 11) is -1.83. The van der Waals surface area contributed by atoms with Gasteiger partial charge in [-0.05, 0) is 42.5 Å². The lowest BCUT2D eigenvalue weighted by molar-refractivity contribution is -0.141. The van der Waals surface area contributed by atoms with Crippen molar-refractivity contribution in [2.24, 2.45) is 0 Å². The van der Waals surface area contributed by atoms with Crippen LogP contribution in [0, 0.1) is 11.3 Å². The van der Waals surface area contributed by atoms with E-state index in [2.05, 4.69) is 10.6 Å². The maximum atomic E-state index is 13.4. The Balaban J connectivity index is 1.72. The molecular weight excluding hydrogens is 447 g/mol. The molecule has 3 unspecified atom stereocenters. The van der Waals surface area contributed by atoms with Gasteiger partial charge in [0.05, 0.1) is 17.6 Å². The maximum Gasteiger partial charge on any atom is 0.475 e. The Labute approximate surface area is 204 Å². The molecule has 2 aromatic carbocycles. The molecule has 0 aliphatic carbocycles. The zero-order valence-corrected chi connectivity index (χ0v) is 19.6. The standard InChI is InChI=1S/C25H29BN4O5/c1-17(31)28-21(14-18-7-3-2-4-8-18)25(33)30-12-6-11-22(30)24(32)29-23(26(34)35)15-19-9-5-10-20(13-19)16-27/h2-5,7-10,13,21-23,34-35H,6,11-12,14-15H2,1H3,(H,28,31)(H,29,32). The minimum Gasteiger partial charge on any atom is -0.426 e. The Bertz CT molecular complexity index is 1090. The largest absolute Gasteiger partial charge is 0.475 e. The highest BCUT2D eigenvalue weighted by Crippen LogP contribution is 2.20. The number of nitrogens with one attached hydrogen (secondary N) is 2. The van der Waals surface area contributed by atoms with Gasteiger partial charge in [-0.2, -0.15) is 5.26 Å². The molecule has 1 aliphatic rings. The van der Waals surface area contributed by atoms with Gasteiger partial charge in [-0.25, -0.2) is 0 Å². The van der Waals surface area contributed by atoms with E-state index in [9.17, 15) is 24.4 Å². The number of carbonyl (C=O) groups excluding carboxylic acids is 3. The van der Waals surface area contributed by atoms with Gasteiger partial charge in [0, 0.05) is 19.9 Å². The molecule has 4 N–H and O–H groups in total. The van der Waals surface area contributed by atoms with E-state index in [1.807, 2.05) is 36.4 Å². The molecule has 0 saturated carbocycles. The highest BCUT2D eigenvalue weighted by atomic mass is 16.4. The first-order valence-corrected chi connectivity index (χ1v) is 11.6. The van der Waals surface area contributed by atoms with Crippen LogP contribution in [0.15, 0.2) is 54.6 Å². The van der Waals surface area contributed by atoms with Crippen LogP contribution in [0.1, 0.15) is 36.5 Å². The summed E-state index contributed by atoms with van der Waals surface area (Å²) in [6.07, 6.45) is 1.42. The SMILES string of the molecule is CC(=O)NC(Cc1ccccc1)C(=O)N1CCCC1C(=O)NC(Cc1cccc(C#N)c1)B(O)O. The molecule has 0 spiro atoms. The van der Waals surface area contributed by atoms with E-state index in [0.717, 1.165) is 5.56 Å². The molecule has 3 rings (SSSR count). The number of hydrogen-bond acceptors (Lipinski definition) is 6. The Morgan fingerprint density at radius 1 is 1.09 bits per heavy atom. The van der Waals surface area contributed by atoms with Crippen LogP contribution in [0.3, 0.4) is 0 Å². The zero-order valence-electron chi connectivity index (χ0n) is 19.6. The molecule has 10 heteroatoms. The summed E-state index contributed by atoms with van der Waals surface area (Å²) < 4.78 is 0. The molecule has 182 valence electrons. The van der Waals surface area contributed by atoms with Gasteiger partial charge < -0.3 is 25.6 Å². The van der Waals surface area contributed by atoms with Crippen LogP contribution in [0.2, 0.25) is 0 Å². The molecule has 1 aliphatic heterocycles. The van der Waals surface area contributed by atoms with Crippen molar-refractivity contribution in [2.75, 3.05) is 6.54 Å². The summed E-state index contributed by atoms with van der Waals surface area (Å²) in [5.41, 5.74) is 1.97. The average Bonchev–Trinajstić information content (AvgIpc) is 3.33. The average molecular weight is 476 g/mol. The molecule has 1 fully saturated rings.